The van der Waals surface area contributed by atoms with E-state index in [0.29, 0.717) is 12.8 Å². The summed E-state index contributed by atoms with van der Waals surface area (Å²) < 4.78 is 12.3. The maximum atomic E-state index is 14.8. The Hall–Kier alpha value is -3.80. The van der Waals surface area contributed by atoms with Crippen molar-refractivity contribution >= 4 is 39.6 Å². The first-order valence-corrected chi connectivity index (χ1v) is 17.8. The number of ether oxygens (including phenoxy) is 2. The van der Waals surface area contributed by atoms with E-state index in [1.54, 1.807) is 17.1 Å². The summed E-state index contributed by atoms with van der Waals surface area (Å²) in [7, 11) is 0. The molecule has 11 heteroatoms. The van der Waals surface area contributed by atoms with Crippen LogP contribution in [0.25, 0.3) is 0 Å². The molecule has 10 nitrogen and oxygen atoms in total. The number of esters is 1. The summed E-state index contributed by atoms with van der Waals surface area (Å²) in [5, 5.41) is 13.7. The Morgan fingerprint density at radius 2 is 1.80 bits per heavy atom. The van der Waals surface area contributed by atoms with Gasteiger partial charge in [0.25, 0.3) is 0 Å². The van der Waals surface area contributed by atoms with Gasteiger partial charge in [-0.05, 0) is 29.9 Å². The van der Waals surface area contributed by atoms with Crippen molar-refractivity contribution in [2.75, 3.05) is 19.8 Å². The maximum absolute atomic E-state index is 14.8. The van der Waals surface area contributed by atoms with Gasteiger partial charge in [0.15, 0.2) is 0 Å². The van der Waals surface area contributed by atoms with E-state index in [1.807, 2.05) is 74.5 Å². The number of hydrogen-bond donors (Lipinski definition) is 2. The molecule has 5 rings (SSSR count). The summed E-state index contributed by atoms with van der Waals surface area (Å²) in [5.74, 6) is -3.67. The third-order valence-electron chi connectivity index (χ3n) is 9.94. The second-order valence-electron chi connectivity index (χ2n) is 13.4. The Morgan fingerprint density at radius 1 is 1.12 bits per heavy atom. The van der Waals surface area contributed by atoms with Gasteiger partial charge in [0.05, 0.1) is 36.6 Å². The number of aliphatic hydroxyl groups excluding tert-OH is 1. The number of carbonyl (C=O) groups excluding carboxylic acids is 4. The van der Waals surface area contributed by atoms with Crippen LogP contribution in [0.2, 0.25) is 0 Å². The Balaban J connectivity index is 1.50. The summed E-state index contributed by atoms with van der Waals surface area (Å²) in [5.41, 5.74) is 0.331. The van der Waals surface area contributed by atoms with Crippen LogP contribution in [0.5, 0.6) is 0 Å². The van der Waals surface area contributed by atoms with Crippen molar-refractivity contribution < 1.29 is 33.8 Å². The molecule has 8 atom stereocenters. The van der Waals surface area contributed by atoms with E-state index in [1.165, 1.54) is 4.90 Å². The number of allylic oxidation sites excluding steroid dienone is 1. The quantitative estimate of drug-likeness (QED) is 0.149. The number of carbonyl (C=O) groups is 4. The number of nitrogens with zero attached hydrogens (tertiary/aromatic N) is 2. The molecule has 2 bridgehead atoms. The number of nitrogens with one attached hydrogen (secondary N) is 1. The highest BCUT2D eigenvalue weighted by Gasteiger charge is 2.77. The molecule has 3 amide bonds. The lowest BCUT2D eigenvalue weighted by atomic mass is 9.70. The summed E-state index contributed by atoms with van der Waals surface area (Å²) in [6, 6.07) is 16.3. The first-order chi connectivity index (χ1) is 23.6. The number of aliphatic hydroxyl groups is 1. The van der Waals surface area contributed by atoms with E-state index in [0.717, 1.165) is 11.1 Å². The van der Waals surface area contributed by atoms with Gasteiger partial charge in [-0.15, -0.1) is 13.2 Å². The number of likely N-dealkylation sites (tertiary alicyclic amines) is 1. The van der Waals surface area contributed by atoms with Crippen molar-refractivity contribution in [2.24, 2.45) is 17.8 Å². The SMILES string of the molecule is C=CCCC(=O)OC[C@@H](NC(=O)[C@@H]1[C@H]2O[C@@]3(CC2Br)[C@H](C(=O)N(CC=C)Cc2ccccc2)N([C@@H](CO)C(C)C)C(=O)[C@@H]13)c1ccccc1. The van der Waals surface area contributed by atoms with Crippen molar-refractivity contribution in [3.05, 3.63) is 97.1 Å². The molecule has 49 heavy (non-hydrogen) atoms. The van der Waals surface area contributed by atoms with Crippen LogP contribution in [0.3, 0.4) is 0 Å². The summed E-state index contributed by atoms with van der Waals surface area (Å²) in [6.07, 6.45) is 3.56. The van der Waals surface area contributed by atoms with Crippen molar-refractivity contribution in [3.63, 3.8) is 0 Å². The first kappa shape index (κ1) is 36.5. The summed E-state index contributed by atoms with van der Waals surface area (Å²) >= 11 is 3.74. The topological polar surface area (TPSA) is 125 Å². The van der Waals surface area contributed by atoms with Crippen LogP contribution in [0.1, 0.15) is 50.3 Å². The number of hydrogen-bond acceptors (Lipinski definition) is 7. The predicted molar refractivity (Wildman–Crippen MR) is 188 cm³/mol. The molecule has 0 saturated carbocycles. The van der Waals surface area contributed by atoms with Crippen molar-refractivity contribution in [1.29, 1.82) is 0 Å². The molecule has 2 aromatic rings. The van der Waals surface area contributed by atoms with Crippen LogP contribution in [0.4, 0.5) is 0 Å². The van der Waals surface area contributed by atoms with E-state index >= 15 is 0 Å². The van der Waals surface area contributed by atoms with Crippen LogP contribution in [0.15, 0.2) is 86.0 Å². The molecule has 0 aliphatic carbocycles. The van der Waals surface area contributed by atoms with E-state index in [-0.39, 0.29) is 49.4 Å². The van der Waals surface area contributed by atoms with E-state index < -0.39 is 59.5 Å². The summed E-state index contributed by atoms with van der Waals surface area (Å²) in [6.45, 7) is 11.4. The van der Waals surface area contributed by atoms with Crippen LogP contribution in [-0.2, 0) is 35.2 Å². The highest BCUT2D eigenvalue weighted by atomic mass is 79.9. The number of amides is 3. The Bertz CT molecular complexity index is 1520. The third-order valence-corrected chi connectivity index (χ3v) is 10.8. The lowest BCUT2D eigenvalue weighted by Crippen LogP contribution is -2.59. The van der Waals surface area contributed by atoms with Crippen LogP contribution in [-0.4, -0.2) is 87.0 Å². The number of halogens is 1. The molecule has 2 N–H and O–H groups in total. The monoisotopic (exact) mass is 735 g/mol. The van der Waals surface area contributed by atoms with Gasteiger partial charge in [0.1, 0.15) is 18.2 Å². The summed E-state index contributed by atoms with van der Waals surface area (Å²) in [4.78, 5) is 59.1. The average Bonchev–Trinajstić information content (AvgIpc) is 3.69. The van der Waals surface area contributed by atoms with Crippen LogP contribution < -0.4 is 5.32 Å². The zero-order valence-electron chi connectivity index (χ0n) is 28.1. The van der Waals surface area contributed by atoms with E-state index in [2.05, 4.69) is 34.4 Å². The number of rotatable bonds is 16. The molecule has 3 aliphatic rings. The van der Waals surface area contributed by atoms with Gasteiger partial charge >= 0.3 is 5.97 Å². The standard InChI is InChI=1S/C38H46BrN3O7/c1-5-7-18-30(44)48-23-28(26-16-12-9-13-17-26)40-35(45)31-32-36(46)42(29(22-43)24(3)4)34(38(32)20-27(39)33(31)49-38)37(47)41(19-6-2)21-25-14-10-8-11-15-25/h5-6,8-17,24,27-29,31-34,43H,1-2,7,18-23H2,3-4H3,(H,40,45)/t27?,28-,29+,31+,32-,33+,34+,38-/m1/s1. The largest absolute Gasteiger partial charge is 0.463 e. The van der Waals surface area contributed by atoms with Gasteiger partial charge in [0.2, 0.25) is 17.7 Å². The van der Waals surface area contributed by atoms with E-state index in [9.17, 15) is 24.3 Å². The minimum Gasteiger partial charge on any atom is -0.463 e. The first-order valence-electron chi connectivity index (χ1n) is 16.9. The van der Waals surface area contributed by atoms with Gasteiger partial charge in [-0.25, -0.2) is 0 Å². The second-order valence-corrected chi connectivity index (χ2v) is 14.6. The molecule has 3 aliphatic heterocycles. The molecule has 3 saturated heterocycles. The molecular formula is C38H46BrN3O7. The Morgan fingerprint density at radius 3 is 2.41 bits per heavy atom. The molecule has 2 aromatic carbocycles. The van der Waals surface area contributed by atoms with Gasteiger partial charge in [-0.2, -0.15) is 0 Å². The molecule has 262 valence electrons. The minimum absolute atomic E-state index is 0.103. The second kappa shape index (κ2) is 15.8. The van der Waals surface area contributed by atoms with Crippen LogP contribution >= 0.6 is 15.9 Å². The minimum atomic E-state index is -1.31. The zero-order chi connectivity index (χ0) is 35.3. The smallest absolute Gasteiger partial charge is 0.306 e. The maximum Gasteiger partial charge on any atom is 0.306 e. The van der Waals surface area contributed by atoms with Gasteiger partial charge < -0.3 is 29.7 Å². The van der Waals surface area contributed by atoms with Crippen molar-refractivity contribution in [2.45, 2.75) is 74.3 Å². The molecule has 0 radical (unpaired) electrons. The lowest BCUT2D eigenvalue weighted by Gasteiger charge is -2.40. The lowest BCUT2D eigenvalue weighted by molar-refractivity contribution is -0.152. The Kier molecular flexibility index (Phi) is 11.8. The zero-order valence-corrected chi connectivity index (χ0v) is 29.7. The van der Waals surface area contributed by atoms with E-state index in [4.69, 9.17) is 9.47 Å². The molecule has 3 fully saturated rings. The van der Waals surface area contributed by atoms with Gasteiger partial charge in [-0.1, -0.05) is 103 Å². The number of alkyl halides is 1. The molecule has 1 spiro atoms. The van der Waals surface area contributed by atoms with Crippen molar-refractivity contribution in [1.82, 2.24) is 15.1 Å². The third kappa shape index (κ3) is 7.25. The predicted octanol–water partition coefficient (Wildman–Crippen LogP) is 4.33. The highest BCUT2D eigenvalue weighted by Crippen LogP contribution is 2.60. The molecular weight excluding hydrogens is 690 g/mol. The number of benzene rings is 2. The van der Waals surface area contributed by atoms with Crippen LogP contribution in [0, 0.1) is 17.8 Å². The molecule has 0 aromatic heterocycles. The fraction of sp³-hybridized carbons (Fsp3) is 0.474. The average molecular weight is 737 g/mol. The van der Waals surface area contributed by atoms with Gasteiger partial charge in [0, 0.05) is 24.3 Å². The number of fused-ring (bicyclic) bond motifs is 1. The molecule has 3 heterocycles. The Labute approximate surface area is 296 Å². The normalized spacial score (nSPS) is 26.6. The van der Waals surface area contributed by atoms with Crippen molar-refractivity contribution in [3.8, 4) is 0 Å². The fourth-order valence-corrected chi connectivity index (χ4v) is 8.57. The van der Waals surface area contributed by atoms with Gasteiger partial charge in [-0.3, -0.25) is 19.2 Å². The fourth-order valence-electron chi connectivity index (χ4n) is 7.63. The highest BCUT2D eigenvalue weighted by molar-refractivity contribution is 9.09. The molecule has 1 unspecified atom stereocenters.